The maximum atomic E-state index is 13.5. The average Bonchev–Trinajstić information content (AvgIpc) is 3.09. The molecule has 2 aliphatic heterocycles. The Morgan fingerprint density at radius 2 is 2.03 bits per heavy atom. The van der Waals surface area contributed by atoms with Crippen LogP contribution in [-0.4, -0.2) is 44.4 Å². The molecule has 32 heavy (non-hydrogen) atoms. The lowest BCUT2D eigenvalue weighted by Crippen LogP contribution is -2.48. The number of sulfonamides is 1. The first-order valence-electron chi connectivity index (χ1n) is 10.8. The molecule has 2 aromatic rings. The number of rotatable bonds is 5. The van der Waals surface area contributed by atoms with Crippen LogP contribution in [0.4, 0.5) is 5.69 Å². The SMILES string of the molecule is CCOc1ccc(Cl)cc1S(=O)(=O)N1CCC[C@@H](C(=O)N2c3ccc(Br)cc3C[C@H]2C)C1. The van der Waals surface area contributed by atoms with E-state index in [1.165, 1.54) is 10.4 Å². The van der Waals surface area contributed by atoms with Gasteiger partial charge in [0.15, 0.2) is 0 Å². The number of benzene rings is 2. The molecule has 1 fully saturated rings. The minimum atomic E-state index is -3.86. The fourth-order valence-electron chi connectivity index (χ4n) is 4.59. The van der Waals surface area contributed by atoms with Crippen LogP contribution in [0, 0.1) is 5.92 Å². The zero-order valence-corrected chi connectivity index (χ0v) is 21.2. The topological polar surface area (TPSA) is 66.9 Å². The van der Waals surface area contributed by atoms with E-state index in [1.807, 2.05) is 30.0 Å². The summed E-state index contributed by atoms with van der Waals surface area (Å²) in [7, 11) is -3.86. The summed E-state index contributed by atoms with van der Waals surface area (Å²) in [6.07, 6.45) is 2.07. The minimum Gasteiger partial charge on any atom is -0.492 e. The third kappa shape index (κ3) is 4.42. The third-order valence-electron chi connectivity index (χ3n) is 6.05. The molecule has 2 aliphatic rings. The van der Waals surface area contributed by atoms with Gasteiger partial charge in [-0.1, -0.05) is 27.5 Å². The molecule has 0 spiro atoms. The molecule has 0 aromatic heterocycles. The summed E-state index contributed by atoms with van der Waals surface area (Å²) in [6, 6.07) is 10.6. The molecule has 0 bridgehead atoms. The number of hydrogen-bond donors (Lipinski definition) is 0. The molecule has 2 heterocycles. The van der Waals surface area contributed by atoms with E-state index in [2.05, 4.69) is 15.9 Å². The second kappa shape index (κ2) is 9.33. The lowest BCUT2D eigenvalue weighted by Gasteiger charge is -2.35. The smallest absolute Gasteiger partial charge is 0.246 e. The summed E-state index contributed by atoms with van der Waals surface area (Å²) >= 11 is 9.60. The number of halogens is 2. The van der Waals surface area contributed by atoms with Crippen molar-refractivity contribution >= 4 is 49.1 Å². The summed E-state index contributed by atoms with van der Waals surface area (Å²) in [4.78, 5) is 15.4. The summed E-state index contributed by atoms with van der Waals surface area (Å²) < 4.78 is 34.9. The Bertz CT molecular complexity index is 1140. The van der Waals surface area contributed by atoms with E-state index >= 15 is 0 Å². The molecule has 0 unspecified atom stereocenters. The lowest BCUT2D eigenvalue weighted by molar-refractivity contribution is -0.123. The molecule has 0 saturated carbocycles. The summed E-state index contributed by atoms with van der Waals surface area (Å²) in [6.45, 7) is 4.68. The van der Waals surface area contributed by atoms with Gasteiger partial charge in [-0.05, 0) is 75.1 Å². The van der Waals surface area contributed by atoms with Crippen molar-refractivity contribution in [1.29, 1.82) is 0 Å². The molecule has 1 saturated heterocycles. The highest BCUT2D eigenvalue weighted by Gasteiger charge is 2.39. The molecular weight excluding hydrogens is 516 g/mol. The molecule has 4 rings (SSSR count). The van der Waals surface area contributed by atoms with Crippen LogP contribution in [0.15, 0.2) is 45.8 Å². The molecule has 1 amide bonds. The van der Waals surface area contributed by atoms with Crippen molar-refractivity contribution in [1.82, 2.24) is 4.31 Å². The van der Waals surface area contributed by atoms with Crippen molar-refractivity contribution in [3.05, 3.63) is 51.5 Å². The van der Waals surface area contributed by atoms with Gasteiger partial charge in [0.25, 0.3) is 0 Å². The van der Waals surface area contributed by atoms with Crippen LogP contribution in [0.25, 0.3) is 0 Å². The molecule has 2 atom stereocenters. The Hall–Kier alpha value is -1.61. The minimum absolute atomic E-state index is 0.0189. The molecule has 0 aliphatic carbocycles. The fraction of sp³-hybridized carbons (Fsp3) is 0.435. The predicted octanol–water partition coefficient (Wildman–Crippen LogP) is 4.88. The van der Waals surface area contributed by atoms with Crippen LogP contribution >= 0.6 is 27.5 Å². The van der Waals surface area contributed by atoms with Gasteiger partial charge in [-0.25, -0.2) is 8.42 Å². The maximum Gasteiger partial charge on any atom is 0.246 e. The van der Waals surface area contributed by atoms with Gasteiger partial charge in [0, 0.05) is 34.3 Å². The number of ether oxygens (including phenoxy) is 1. The normalized spacial score (nSPS) is 21.4. The van der Waals surface area contributed by atoms with Gasteiger partial charge >= 0.3 is 0 Å². The molecule has 0 radical (unpaired) electrons. The van der Waals surface area contributed by atoms with E-state index < -0.39 is 15.9 Å². The van der Waals surface area contributed by atoms with Crippen molar-refractivity contribution < 1.29 is 17.9 Å². The van der Waals surface area contributed by atoms with Gasteiger partial charge in [-0.2, -0.15) is 4.31 Å². The first kappa shape index (κ1) is 23.5. The van der Waals surface area contributed by atoms with Crippen LogP contribution in [0.5, 0.6) is 5.75 Å². The van der Waals surface area contributed by atoms with E-state index in [1.54, 1.807) is 19.1 Å². The van der Waals surface area contributed by atoms with Gasteiger partial charge in [0.1, 0.15) is 10.6 Å². The Kier molecular flexibility index (Phi) is 6.86. The fourth-order valence-corrected chi connectivity index (χ4v) is 6.92. The van der Waals surface area contributed by atoms with Crippen LogP contribution in [0.1, 0.15) is 32.3 Å². The highest BCUT2D eigenvalue weighted by atomic mass is 79.9. The maximum absolute atomic E-state index is 13.5. The van der Waals surface area contributed by atoms with Crippen LogP contribution in [0.3, 0.4) is 0 Å². The van der Waals surface area contributed by atoms with Gasteiger partial charge in [0.2, 0.25) is 15.9 Å². The Morgan fingerprint density at radius 3 is 2.78 bits per heavy atom. The van der Waals surface area contributed by atoms with E-state index in [4.69, 9.17) is 16.3 Å². The lowest BCUT2D eigenvalue weighted by atomic mass is 9.97. The number of nitrogens with zero attached hydrogens (tertiary/aromatic N) is 2. The van der Waals surface area contributed by atoms with Crippen LogP contribution in [0.2, 0.25) is 5.02 Å². The Morgan fingerprint density at radius 1 is 1.25 bits per heavy atom. The molecule has 172 valence electrons. The summed E-state index contributed by atoms with van der Waals surface area (Å²) in [5.41, 5.74) is 2.04. The average molecular weight is 542 g/mol. The number of fused-ring (bicyclic) bond motifs is 1. The second-order valence-corrected chi connectivity index (χ2v) is 11.5. The zero-order valence-electron chi connectivity index (χ0n) is 18.1. The Labute approximate surface area is 202 Å². The summed E-state index contributed by atoms with van der Waals surface area (Å²) in [5.74, 6) is -0.141. The highest BCUT2D eigenvalue weighted by Crippen LogP contribution is 2.37. The molecular formula is C23H26BrClN2O4S. The van der Waals surface area contributed by atoms with E-state index in [9.17, 15) is 13.2 Å². The van der Waals surface area contributed by atoms with E-state index in [-0.39, 0.29) is 29.1 Å². The number of hydrogen-bond acceptors (Lipinski definition) is 4. The van der Waals surface area contributed by atoms with Gasteiger partial charge in [-0.3, -0.25) is 4.79 Å². The molecule has 9 heteroatoms. The monoisotopic (exact) mass is 540 g/mol. The molecule has 6 nitrogen and oxygen atoms in total. The van der Waals surface area contributed by atoms with Crippen molar-refractivity contribution in [2.45, 2.75) is 44.0 Å². The quantitative estimate of drug-likeness (QED) is 0.541. The van der Waals surface area contributed by atoms with E-state index in [0.717, 1.165) is 22.1 Å². The summed E-state index contributed by atoms with van der Waals surface area (Å²) in [5, 5.41) is 0.324. The number of anilines is 1. The second-order valence-electron chi connectivity index (χ2n) is 8.26. The first-order chi connectivity index (χ1) is 15.2. The standard InChI is InChI=1S/C23H26BrClN2O4S/c1-3-31-21-9-7-19(25)13-22(21)32(29,30)26-10-4-5-16(14-26)23(28)27-15(2)11-17-12-18(24)6-8-20(17)27/h6-9,12-13,15-16H,3-5,10-11,14H2,1-2H3/t15-,16-/m1/s1. The zero-order chi connectivity index (χ0) is 23.0. The van der Waals surface area contributed by atoms with E-state index in [0.29, 0.717) is 31.0 Å². The molecule has 0 N–H and O–H groups in total. The number of piperidine rings is 1. The largest absolute Gasteiger partial charge is 0.492 e. The predicted molar refractivity (Wildman–Crippen MR) is 129 cm³/mol. The number of carbonyl (C=O) groups excluding carboxylic acids is 1. The van der Waals surface area contributed by atoms with Crippen molar-refractivity contribution in [3.63, 3.8) is 0 Å². The van der Waals surface area contributed by atoms with Crippen molar-refractivity contribution in [2.75, 3.05) is 24.6 Å². The third-order valence-corrected chi connectivity index (χ3v) is 8.67. The van der Waals surface area contributed by atoms with Gasteiger partial charge < -0.3 is 9.64 Å². The highest BCUT2D eigenvalue weighted by molar-refractivity contribution is 9.10. The Balaban J connectivity index is 1.59. The number of carbonyl (C=O) groups is 1. The van der Waals surface area contributed by atoms with Crippen molar-refractivity contribution in [2.24, 2.45) is 5.92 Å². The van der Waals surface area contributed by atoms with Crippen molar-refractivity contribution in [3.8, 4) is 5.75 Å². The van der Waals surface area contributed by atoms with Crippen LogP contribution < -0.4 is 9.64 Å². The van der Waals surface area contributed by atoms with Crippen LogP contribution in [-0.2, 0) is 21.2 Å². The number of amides is 1. The first-order valence-corrected chi connectivity index (χ1v) is 13.4. The molecule has 2 aromatic carbocycles. The van der Waals surface area contributed by atoms with Gasteiger partial charge in [0.05, 0.1) is 12.5 Å². The van der Waals surface area contributed by atoms with Gasteiger partial charge in [-0.15, -0.1) is 0 Å².